The van der Waals surface area contributed by atoms with Crippen LogP contribution >= 0.6 is 0 Å². The van der Waals surface area contributed by atoms with Gasteiger partial charge in [-0.2, -0.15) is 0 Å². The van der Waals surface area contributed by atoms with Gasteiger partial charge in [-0.25, -0.2) is 4.98 Å². The Morgan fingerprint density at radius 1 is 1.38 bits per heavy atom. The molecule has 4 heteroatoms. The van der Waals surface area contributed by atoms with E-state index in [2.05, 4.69) is 30.7 Å². The molecule has 2 fully saturated rings. The summed E-state index contributed by atoms with van der Waals surface area (Å²) in [6, 6.07) is 0.569. The van der Waals surface area contributed by atoms with E-state index < -0.39 is 0 Å². The number of hydrogen-bond acceptors (Lipinski definition) is 3. The van der Waals surface area contributed by atoms with Gasteiger partial charge in [0.2, 0.25) is 0 Å². The fourth-order valence-electron chi connectivity index (χ4n) is 4.12. The molecule has 2 unspecified atom stereocenters. The Bertz CT molecular complexity index is 544. The fourth-order valence-corrected chi connectivity index (χ4v) is 4.12. The third kappa shape index (κ3) is 2.07. The van der Waals surface area contributed by atoms with Crippen LogP contribution in [0.1, 0.15) is 69.2 Å². The third-order valence-electron chi connectivity index (χ3n) is 5.70. The van der Waals surface area contributed by atoms with Gasteiger partial charge in [0.15, 0.2) is 0 Å². The van der Waals surface area contributed by atoms with Crippen molar-refractivity contribution in [1.82, 2.24) is 14.9 Å². The first kappa shape index (κ1) is 13.8. The lowest BCUT2D eigenvalue weighted by Crippen LogP contribution is -2.52. The second-order valence-electron chi connectivity index (χ2n) is 7.45. The summed E-state index contributed by atoms with van der Waals surface area (Å²) in [5.74, 6) is 2.09. The SMILES string of the molecule is CCOC1CC(n2c(C3CC3)nc3c2CCNC3)C1(C)C. The molecule has 3 aliphatic rings. The monoisotopic (exact) mass is 289 g/mol. The zero-order chi connectivity index (χ0) is 14.6. The molecule has 21 heavy (non-hydrogen) atoms. The molecule has 0 amide bonds. The summed E-state index contributed by atoms with van der Waals surface area (Å²) in [4.78, 5) is 5.01. The van der Waals surface area contributed by atoms with Crippen LogP contribution in [0.15, 0.2) is 0 Å². The van der Waals surface area contributed by atoms with Gasteiger partial charge in [-0.15, -0.1) is 0 Å². The molecule has 0 aromatic carbocycles. The summed E-state index contributed by atoms with van der Waals surface area (Å²) in [7, 11) is 0. The number of rotatable bonds is 4. The highest BCUT2D eigenvalue weighted by atomic mass is 16.5. The molecule has 0 radical (unpaired) electrons. The lowest BCUT2D eigenvalue weighted by Gasteiger charge is -2.53. The Morgan fingerprint density at radius 2 is 2.19 bits per heavy atom. The molecular formula is C17H27N3O. The van der Waals surface area contributed by atoms with E-state index in [0.717, 1.165) is 38.5 Å². The molecule has 1 aromatic rings. The maximum atomic E-state index is 5.94. The smallest absolute Gasteiger partial charge is 0.112 e. The van der Waals surface area contributed by atoms with Gasteiger partial charge in [-0.1, -0.05) is 13.8 Å². The van der Waals surface area contributed by atoms with Crippen molar-refractivity contribution in [2.75, 3.05) is 13.2 Å². The average molecular weight is 289 g/mol. The van der Waals surface area contributed by atoms with Crippen LogP contribution in [0, 0.1) is 5.41 Å². The predicted molar refractivity (Wildman–Crippen MR) is 82.5 cm³/mol. The van der Waals surface area contributed by atoms with Crippen molar-refractivity contribution in [3.05, 3.63) is 17.2 Å². The third-order valence-corrected chi connectivity index (χ3v) is 5.70. The number of aromatic nitrogens is 2. The molecule has 116 valence electrons. The van der Waals surface area contributed by atoms with E-state index in [1.807, 2.05) is 0 Å². The van der Waals surface area contributed by atoms with Crippen molar-refractivity contribution in [2.24, 2.45) is 5.41 Å². The Hall–Kier alpha value is -0.870. The van der Waals surface area contributed by atoms with Crippen molar-refractivity contribution in [3.8, 4) is 0 Å². The molecule has 1 aromatic heterocycles. The van der Waals surface area contributed by atoms with Gasteiger partial charge in [0.05, 0.1) is 11.8 Å². The van der Waals surface area contributed by atoms with Gasteiger partial charge in [-0.05, 0) is 26.2 Å². The standard InChI is InChI=1S/C17H27N3O/c1-4-21-15-9-14(17(15,2)3)20-13-7-8-18-10-12(13)19-16(20)11-5-6-11/h11,14-15,18H,4-10H2,1-3H3. The normalized spacial score (nSPS) is 30.8. The number of hydrogen-bond donors (Lipinski definition) is 1. The number of ether oxygens (including phenoxy) is 1. The van der Waals surface area contributed by atoms with E-state index in [0.29, 0.717) is 12.1 Å². The van der Waals surface area contributed by atoms with Crippen LogP contribution in [0.5, 0.6) is 0 Å². The number of nitrogens with one attached hydrogen (secondary N) is 1. The maximum absolute atomic E-state index is 5.94. The molecule has 2 heterocycles. The molecule has 2 atom stereocenters. The second-order valence-corrected chi connectivity index (χ2v) is 7.45. The summed E-state index contributed by atoms with van der Waals surface area (Å²) in [6.07, 6.45) is 5.33. The number of imidazole rings is 1. The quantitative estimate of drug-likeness (QED) is 0.926. The average Bonchev–Trinajstić information content (AvgIpc) is 3.25. The molecule has 1 aliphatic heterocycles. The lowest BCUT2D eigenvalue weighted by atomic mass is 9.64. The van der Waals surface area contributed by atoms with Crippen LogP contribution in [0.2, 0.25) is 0 Å². The predicted octanol–water partition coefficient (Wildman–Crippen LogP) is 2.78. The molecule has 0 saturated heterocycles. The van der Waals surface area contributed by atoms with Crippen LogP contribution in [-0.2, 0) is 17.7 Å². The van der Waals surface area contributed by atoms with Crippen LogP contribution in [0.4, 0.5) is 0 Å². The van der Waals surface area contributed by atoms with Crippen molar-refractivity contribution in [2.45, 2.75) is 71.1 Å². The minimum Gasteiger partial charge on any atom is -0.378 e. The summed E-state index contributed by atoms with van der Waals surface area (Å²) in [5.41, 5.74) is 3.03. The molecule has 0 bridgehead atoms. The summed E-state index contributed by atoms with van der Waals surface area (Å²) in [5, 5.41) is 3.47. The fraction of sp³-hybridized carbons (Fsp3) is 0.824. The van der Waals surface area contributed by atoms with E-state index in [1.165, 1.54) is 30.1 Å². The summed E-state index contributed by atoms with van der Waals surface area (Å²) < 4.78 is 8.56. The van der Waals surface area contributed by atoms with Crippen LogP contribution in [-0.4, -0.2) is 28.8 Å². The topological polar surface area (TPSA) is 39.1 Å². The minimum atomic E-state index is 0.221. The van der Waals surface area contributed by atoms with Gasteiger partial charge >= 0.3 is 0 Å². The van der Waals surface area contributed by atoms with Crippen molar-refractivity contribution >= 4 is 0 Å². The zero-order valence-corrected chi connectivity index (χ0v) is 13.5. The van der Waals surface area contributed by atoms with Gasteiger partial charge in [0.25, 0.3) is 0 Å². The highest BCUT2D eigenvalue weighted by Gasteiger charge is 2.52. The first-order chi connectivity index (χ1) is 10.1. The van der Waals surface area contributed by atoms with Crippen LogP contribution in [0.3, 0.4) is 0 Å². The highest BCUT2D eigenvalue weighted by molar-refractivity contribution is 5.27. The van der Waals surface area contributed by atoms with Crippen LogP contribution < -0.4 is 5.32 Å². The molecule has 4 nitrogen and oxygen atoms in total. The molecule has 2 saturated carbocycles. The number of fused-ring (bicyclic) bond motifs is 1. The Morgan fingerprint density at radius 3 is 2.86 bits per heavy atom. The van der Waals surface area contributed by atoms with Gasteiger partial charge in [-0.3, -0.25) is 0 Å². The van der Waals surface area contributed by atoms with Crippen LogP contribution in [0.25, 0.3) is 0 Å². The Kier molecular flexibility index (Phi) is 3.16. The van der Waals surface area contributed by atoms with E-state index in [-0.39, 0.29) is 5.41 Å². The molecule has 4 rings (SSSR count). The van der Waals surface area contributed by atoms with Crippen molar-refractivity contribution in [3.63, 3.8) is 0 Å². The van der Waals surface area contributed by atoms with E-state index in [1.54, 1.807) is 0 Å². The Labute approximate surface area is 127 Å². The molecule has 1 N–H and O–H groups in total. The van der Waals surface area contributed by atoms with E-state index in [9.17, 15) is 0 Å². The largest absolute Gasteiger partial charge is 0.378 e. The molecule has 2 aliphatic carbocycles. The van der Waals surface area contributed by atoms with Crippen molar-refractivity contribution in [1.29, 1.82) is 0 Å². The van der Waals surface area contributed by atoms with Gasteiger partial charge in [0.1, 0.15) is 5.82 Å². The zero-order valence-electron chi connectivity index (χ0n) is 13.5. The first-order valence-corrected chi connectivity index (χ1v) is 8.55. The minimum absolute atomic E-state index is 0.221. The first-order valence-electron chi connectivity index (χ1n) is 8.55. The summed E-state index contributed by atoms with van der Waals surface area (Å²) in [6.45, 7) is 9.69. The Balaban J connectivity index is 1.70. The van der Waals surface area contributed by atoms with Gasteiger partial charge < -0.3 is 14.6 Å². The van der Waals surface area contributed by atoms with Gasteiger partial charge in [0, 0.05) is 49.2 Å². The highest BCUT2D eigenvalue weighted by Crippen LogP contribution is 2.54. The molecule has 0 spiro atoms. The molecular weight excluding hydrogens is 262 g/mol. The summed E-state index contributed by atoms with van der Waals surface area (Å²) >= 11 is 0. The lowest BCUT2D eigenvalue weighted by molar-refractivity contribution is -0.129. The number of nitrogens with zero attached hydrogens (tertiary/aromatic N) is 2. The van der Waals surface area contributed by atoms with Crippen molar-refractivity contribution < 1.29 is 4.74 Å². The van der Waals surface area contributed by atoms with E-state index >= 15 is 0 Å². The van der Waals surface area contributed by atoms with E-state index in [4.69, 9.17) is 9.72 Å². The second kappa shape index (κ2) is 4.82. The maximum Gasteiger partial charge on any atom is 0.112 e.